The zero-order valence-corrected chi connectivity index (χ0v) is 12.4. The number of hydrogen-bond acceptors (Lipinski definition) is 4. The van der Waals surface area contributed by atoms with E-state index >= 15 is 0 Å². The second kappa shape index (κ2) is 7.24. The highest BCUT2D eigenvalue weighted by Crippen LogP contribution is 2.17. The molecule has 110 valence electrons. The van der Waals surface area contributed by atoms with Gasteiger partial charge in [-0.1, -0.05) is 6.07 Å². The molecule has 1 N–H and O–H groups in total. The van der Waals surface area contributed by atoms with E-state index in [1.165, 1.54) is 6.42 Å². The minimum Gasteiger partial charge on any atom is -0.370 e. The van der Waals surface area contributed by atoms with E-state index in [9.17, 15) is 4.79 Å². The zero-order chi connectivity index (χ0) is 14.4. The molecule has 0 bridgehead atoms. The van der Waals surface area contributed by atoms with Crippen LogP contribution in [-0.4, -0.2) is 61.0 Å². The van der Waals surface area contributed by atoms with Crippen molar-refractivity contribution in [3.63, 3.8) is 0 Å². The van der Waals surface area contributed by atoms with Gasteiger partial charge < -0.3 is 15.1 Å². The summed E-state index contributed by atoms with van der Waals surface area (Å²) in [4.78, 5) is 19.9. The second-order valence-corrected chi connectivity index (χ2v) is 5.59. The number of nitrogens with one attached hydrogen (secondary N) is 1. The molecule has 0 saturated carbocycles. The van der Waals surface area contributed by atoms with Crippen molar-refractivity contribution < 1.29 is 4.79 Å². The van der Waals surface area contributed by atoms with Gasteiger partial charge in [0, 0.05) is 46.3 Å². The molecule has 1 aliphatic rings. The fourth-order valence-electron chi connectivity index (χ4n) is 2.48. The first-order valence-electron chi connectivity index (χ1n) is 7.22. The number of rotatable bonds is 6. The summed E-state index contributed by atoms with van der Waals surface area (Å²) >= 11 is 0. The quantitative estimate of drug-likeness (QED) is 0.850. The molecular weight excluding hydrogens is 252 g/mol. The van der Waals surface area contributed by atoms with Crippen LogP contribution in [0.5, 0.6) is 0 Å². The van der Waals surface area contributed by atoms with Crippen LogP contribution in [-0.2, 0) is 4.79 Å². The van der Waals surface area contributed by atoms with Gasteiger partial charge in [-0.05, 0) is 31.0 Å². The third-order valence-corrected chi connectivity index (χ3v) is 3.75. The van der Waals surface area contributed by atoms with Crippen LogP contribution < -0.4 is 5.32 Å². The molecule has 1 aliphatic heterocycles. The average molecular weight is 276 g/mol. The number of anilines is 1. The van der Waals surface area contributed by atoms with E-state index in [1.54, 1.807) is 11.1 Å². The molecule has 1 aromatic heterocycles. The Kier molecular flexibility index (Phi) is 5.35. The Balaban J connectivity index is 1.66. The fraction of sp³-hybridized carbons (Fsp3) is 0.600. The predicted octanol–water partition coefficient (Wildman–Crippen LogP) is 1.29. The van der Waals surface area contributed by atoms with Gasteiger partial charge in [-0.2, -0.15) is 0 Å². The van der Waals surface area contributed by atoms with Crippen LogP contribution >= 0.6 is 0 Å². The molecule has 0 spiro atoms. The number of amides is 1. The summed E-state index contributed by atoms with van der Waals surface area (Å²) < 4.78 is 0. The van der Waals surface area contributed by atoms with Gasteiger partial charge in [0.1, 0.15) is 5.82 Å². The van der Waals surface area contributed by atoms with Crippen molar-refractivity contribution in [2.24, 2.45) is 5.92 Å². The summed E-state index contributed by atoms with van der Waals surface area (Å²) in [6, 6.07) is 5.90. The maximum Gasteiger partial charge on any atom is 0.223 e. The average Bonchev–Trinajstić information content (AvgIpc) is 2.91. The van der Waals surface area contributed by atoms with E-state index in [1.807, 2.05) is 32.3 Å². The van der Waals surface area contributed by atoms with Gasteiger partial charge in [0.05, 0.1) is 0 Å². The second-order valence-electron chi connectivity index (χ2n) is 5.59. The smallest absolute Gasteiger partial charge is 0.223 e. The lowest BCUT2D eigenvalue weighted by molar-refractivity contribution is -0.128. The van der Waals surface area contributed by atoms with Crippen molar-refractivity contribution in [2.45, 2.75) is 12.8 Å². The number of hydrogen-bond donors (Lipinski definition) is 1. The first-order valence-corrected chi connectivity index (χ1v) is 7.22. The van der Waals surface area contributed by atoms with Crippen LogP contribution in [0.1, 0.15) is 12.8 Å². The highest BCUT2D eigenvalue weighted by atomic mass is 16.2. The standard InChI is InChI=1S/C15H24N4O/c1-18(2)15(20)7-10-19-9-6-13(12-19)11-17-14-5-3-4-8-16-14/h3-5,8,13H,6-7,9-12H2,1-2H3,(H,16,17)/t13-/m1/s1. The highest BCUT2D eigenvalue weighted by molar-refractivity contribution is 5.75. The van der Waals surface area contributed by atoms with E-state index in [-0.39, 0.29) is 5.91 Å². The molecule has 2 rings (SSSR count). The van der Waals surface area contributed by atoms with E-state index in [0.29, 0.717) is 12.3 Å². The minimum absolute atomic E-state index is 0.208. The Morgan fingerprint density at radius 2 is 2.35 bits per heavy atom. The molecule has 1 amide bonds. The summed E-state index contributed by atoms with van der Waals surface area (Å²) in [6.07, 6.45) is 3.61. The van der Waals surface area contributed by atoms with Crippen LogP contribution in [0.2, 0.25) is 0 Å². The monoisotopic (exact) mass is 276 g/mol. The van der Waals surface area contributed by atoms with Crippen LogP contribution in [0, 0.1) is 5.92 Å². The summed E-state index contributed by atoms with van der Waals surface area (Å²) in [5, 5.41) is 3.38. The van der Waals surface area contributed by atoms with Gasteiger partial charge >= 0.3 is 0 Å². The van der Waals surface area contributed by atoms with Gasteiger partial charge in [-0.25, -0.2) is 4.98 Å². The summed E-state index contributed by atoms with van der Waals surface area (Å²) in [7, 11) is 3.62. The first-order chi connectivity index (χ1) is 9.65. The lowest BCUT2D eigenvalue weighted by atomic mass is 10.1. The Morgan fingerprint density at radius 3 is 3.05 bits per heavy atom. The minimum atomic E-state index is 0.208. The molecule has 5 nitrogen and oxygen atoms in total. The third-order valence-electron chi connectivity index (χ3n) is 3.75. The topological polar surface area (TPSA) is 48.5 Å². The lowest BCUT2D eigenvalue weighted by Gasteiger charge is -2.17. The highest BCUT2D eigenvalue weighted by Gasteiger charge is 2.22. The number of aromatic nitrogens is 1. The molecule has 1 saturated heterocycles. The molecule has 1 aromatic rings. The molecule has 0 radical (unpaired) electrons. The van der Waals surface area contributed by atoms with Gasteiger partial charge in [-0.3, -0.25) is 4.79 Å². The van der Waals surface area contributed by atoms with E-state index in [2.05, 4.69) is 15.2 Å². The van der Waals surface area contributed by atoms with E-state index in [0.717, 1.165) is 32.0 Å². The SMILES string of the molecule is CN(C)C(=O)CCN1CC[C@H](CNc2ccccn2)C1. The Hall–Kier alpha value is -1.62. The Labute approximate surface area is 121 Å². The number of pyridine rings is 1. The van der Waals surface area contributed by atoms with Crippen molar-refractivity contribution in [1.82, 2.24) is 14.8 Å². The molecule has 5 heteroatoms. The molecule has 0 aromatic carbocycles. The zero-order valence-electron chi connectivity index (χ0n) is 12.4. The van der Waals surface area contributed by atoms with Crippen molar-refractivity contribution in [2.75, 3.05) is 45.6 Å². The molecule has 0 unspecified atom stereocenters. The predicted molar refractivity (Wildman–Crippen MR) is 80.6 cm³/mol. The van der Waals surface area contributed by atoms with Gasteiger partial charge in [0.15, 0.2) is 0 Å². The van der Waals surface area contributed by atoms with Crippen molar-refractivity contribution in [3.05, 3.63) is 24.4 Å². The number of carbonyl (C=O) groups excluding carboxylic acids is 1. The maximum atomic E-state index is 11.6. The van der Waals surface area contributed by atoms with Crippen LogP contribution in [0.4, 0.5) is 5.82 Å². The molecule has 1 fully saturated rings. The van der Waals surface area contributed by atoms with E-state index in [4.69, 9.17) is 0 Å². The van der Waals surface area contributed by atoms with Crippen molar-refractivity contribution >= 4 is 11.7 Å². The number of nitrogens with zero attached hydrogens (tertiary/aromatic N) is 3. The number of carbonyl (C=O) groups is 1. The molecule has 20 heavy (non-hydrogen) atoms. The lowest BCUT2D eigenvalue weighted by Crippen LogP contribution is -2.29. The van der Waals surface area contributed by atoms with Crippen LogP contribution in [0.3, 0.4) is 0 Å². The maximum absolute atomic E-state index is 11.6. The summed E-state index contributed by atoms with van der Waals surface area (Å²) in [5.41, 5.74) is 0. The molecule has 1 atom stereocenters. The van der Waals surface area contributed by atoms with Gasteiger partial charge in [0.25, 0.3) is 0 Å². The van der Waals surface area contributed by atoms with Crippen LogP contribution in [0.25, 0.3) is 0 Å². The first kappa shape index (κ1) is 14.8. The normalized spacial score (nSPS) is 19.0. The molecule has 0 aliphatic carbocycles. The largest absolute Gasteiger partial charge is 0.370 e. The molecular formula is C15H24N4O. The Morgan fingerprint density at radius 1 is 1.50 bits per heavy atom. The molecule has 2 heterocycles. The van der Waals surface area contributed by atoms with Crippen molar-refractivity contribution in [1.29, 1.82) is 0 Å². The third kappa shape index (κ3) is 4.49. The fourth-order valence-corrected chi connectivity index (χ4v) is 2.48. The van der Waals surface area contributed by atoms with Gasteiger partial charge in [-0.15, -0.1) is 0 Å². The van der Waals surface area contributed by atoms with E-state index < -0.39 is 0 Å². The van der Waals surface area contributed by atoms with Gasteiger partial charge in [0.2, 0.25) is 5.91 Å². The number of likely N-dealkylation sites (tertiary alicyclic amines) is 1. The Bertz CT molecular complexity index is 421. The van der Waals surface area contributed by atoms with Crippen molar-refractivity contribution in [3.8, 4) is 0 Å². The summed E-state index contributed by atoms with van der Waals surface area (Å²) in [5.74, 6) is 1.79. The van der Waals surface area contributed by atoms with Crippen LogP contribution in [0.15, 0.2) is 24.4 Å². The summed E-state index contributed by atoms with van der Waals surface area (Å²) in [6.45, 7) is 3.99.